The molecule has 2 nitrogen and oxygen atoms in total. The maximum absolute atomic E-state index is 3.49. The monoisotopic (exact) mass is 270 g/mol. The summed E-state index contributed by atoms with van der Waals surface area (Å²) in [4.78, 5) is 2.18. The first-order chi connectivity index (χ1) is 7.09. The lowest BCUT2D eigenvalue weighted by atomic mass is 10.1. The zero-order chi connectivity index (χ0) is 11.3. The fourth-order valence-corrected chi connectivity index (χ4v) is 1.64. The highest BCUT2D eigenvalue weighted by Crippen LogP contribution is 2.16. The Labute approximate surface area is 101 Å². The van der Waals surface area contributed by atoms with Gasteiger partial charge in [-0.2, -0.15) is 0 Å². The summed E-state index contributed by atoms with van der Waals surface area (Å²) in [6, 6.07) is 8.88. The third-order valence-electron chi connectivity index (χ3n) is 2.38. The van der Waals surface area contributed by atoms with Crippen molar-refractivity contribution in [2.75, 3.05) is 27.2 Å². The summed E-state index contributed by atoms with van der Waals surface area (Å²) in [7, 11) is 4.18. The normalized spacial score (nSPS) is 13.1. The smallest absolute Gasteiger partial charge is 0.0292 e. The van der Waals surface area contributed by atoms with Crippen molar-refractivity contribution in [1.82, 2.24) is 10.2 Å². The molecule has 0 fully saturated rings. The van der Waals surface area contributed by atoms with Crippen molar-refractivity contribution in [3.05, 3.63) is 34.3 Å². The van der Waals surface area contributed by atoms with Crippen LogP contribution in [0.5, 0.6) is 0 Å². The Kier molecular flexibility index (Phi) is 5.29. The minimum absolute atomic E-state index is 0.415. The number of rotatable bonds is 5. The second-order valence-electron chi connectivity index (χ2n) is 4.03. The van der Waals surface area contributed by atoms with E-state index >= 15 is 0 Å². The molecular weight excluding hydrogens is 252 g/mol. The van der Waals surface area contributed by atoms with Crippen molar-refractivity contribution in [2.45, 2.75) is 13.0 Å². The fourth-order valence-electron chi connectivity index (χ4n) is 1.37. The molecular formula is C12H19BrN2. The Hall–Kier alpha value is -0.380. The van der Waals surface area contributed by atoms with Gasteiger partial charge in [0.1, 0.15) is 0 Å². The van der Waals surface area contributed by atoms with Crippen LogP contribution in [0.1, 0.15) is 18.5 Å². The van der Waals surface area contributed by atoms with Crippen LogP contribution in [0.15, 0.2) is 28.7 Å². The lowest BCUT2D eigenvalue weighted by Crippen LogP contribution is -2.28. The Morgan fingerprint density at radius 3 is 2.40 bits per heavy atom. The minimum atomic E-state index is 0.415. The van der Waals surface area contributed by atoms with Crippen molar-refractivity contribution < 1.29 is 0 Å². The zero-order valence-corrected chi connectivity index (χ0v) is 11.2. The molecule has 0 aromatic heterocycles. The van der Waals surface area contributed by atoms with E-state index in [9.17, 15) is 0 Å². The number of hydrogen-bond acceptors (Lipinski definition) is 2. The van der Waals surface area contributed by atoms with Gasteiger partial charge in [0.05, 0.1) is 0 Å². The summed E-state index contributed by atoms with van der Waals surface area (Å²) in [5.41, 5.74) is 1.33. The number of benzene rings is 1. The molecule has 15 heavy (non-hydrogen) atoms. The molecule has 0 heterocycles. The molecule has 1 N–H and O–H groups in total. The van der Waals surface area contributed by atoms with Crippen LogP contribution in [0.25, 0.3) is 0 Å². The van der Waals surface area contributed by atoms with Crippen LogP contribution in [-0.4, -0.2) is 32.1 Å². The lowest BCUT2D eigenvalue weighted by molar-refractivity contribution is 0.389. The van der Waals surface area contributed by atoms with Crippen LogP contribution in [-0.2, 0) is 0 Å². The van der Waals surface area contributed by atoms with Gasteiger partial charge in [-0.05, 0) is 38.7 Å². The molecule has 0 saturated carbocycles. The van der Waals surface area contributed by atoms with Gasteiger partial charge in [0.2, 0.25) is 0 Å². The van der Waals surface area contributed by atoms with Gasteiger partial charge >= 0.3 is 0 Å². The third kappa shape index (κ3) is 4.78. The summed E-state index contributed by atoms with van der Waals surface area (Å²) in [6.45, 7) is 4.28. The second-order valence-corrected chi connectivity index (χ2v) is 4.95. The molecule has 0 spiro atoms. The predicted octanol–water partition coefficient (Wildman–Crippen LogP) is 2.66. The first-order valence-electron chi connectivity index (χ1n) is 5.23. The number of halogens is 1. The van der Waals surface area contributed by atoms with Crippen molar-refractivity contribution in [3.8, 4) is 0 Å². The van der Waals surface area contributed by atoms with Crippen LogP contribution in [0.4, 0.5) is 0 Å². The largest absolute Gasteiger partial charge is 0.309 e. The number of nitrogens with one attached hydrogen (secondary N) is 1. The van der Waals surface area contributed by atoms with Gasteiger partial charge < -0.3 is 10.2 Å². The minimum Gasteiger partial charge on any atom is -0.309 e. The molecule has 0 bridgehead atoms. The maximum Gasteiger partial charge on any atom is 0.0292 e. The first-order valence-corrected chi connectivity index (χ1v) is 6.02. The van der Waals surface area contributed by atoms with Gasteiger partial charge in [0.15, 0.2) is 0 Å². The number of likely N-dealkylation sites (N-methyl/N-ethyl adjacent to an activating group) is 1. The van der Waals surface area contributed by atoms with Crippen LogP contribution in [0.3, 0.4) is 0 Å². The standard InChI is InChI=1S/C12H19BrN2/c1-10(14-8-9-15(2)3)11-4-6-12(13)7-5-11/h4-7,10,14H,8-9H2,1-3H3/t10-/m0/s1. The predicted molar refractivity (Wildman–Crippen MR) is 69.1 cm³/mol. The molecule has 0 saturated heterocycles. The topological polar surface area (TPSA) is 15.3 Å². The average molecular weight is 271 g/mol. The van der Waals surface area contributed by atoms with Gasteiger partial charge in [-0.1, -0.05) is 28.1 Å². The van der Waals surface area contributed by atoms with Crippen molar-refractivity contribution >= 4 is 15.9 Å². The lowest BCUT2D eigenvalue weighted by Gasteiger charge is -2.16. The van der Waals surface area contributed by atoms with Gasteiger partial charge in [-0.25, -0.2) is 0 Å². The van der Waals surface area contributed by atoms with E-state index in [4.69, 9.17) is 0 Å². The van der Waals surface area contributed by atoms with Gasteiger partial charge in [-0.3, -0.25) is 0 Å². The number of hydrogen-bond donors (Lipinski definition) is 1. The Morgan fingerprint density at radius 2 is 1.87 bits per heavy atom. The molecule has 1 aromatic carbocycles. The van der Waals surface area contributed by atoms with E-state index in [2.05, 4.69) is 71.4 Å². The van der Waals surface area contributed by atoms with E-state index in [0.29, 0.717) is 6.04 Å². The summed E-state index contributed by atoms with van der Waals surface area (Å²) in [5.74, 6) is 0. The fraction of sp³-hybridized carbons (Fsp3) is 0.500. The Morgan fingerprint density at radius 1 is 1.27 bits per heavy atom. The summed E-state index contributed by atoms with van der Waals surface area (Å²) < 4.78 is 1.13. The first kappa shape index (κ1) is 12.7. The Bertz CT molecular complexity index is 282. The van der Waals surface area contributed by atoms with Gasteiger partial charge in [-0.15, -0.1) is 0 Å². The van der Waals surface area contributed by atoms with E-state index in [-0.39, 0.29) is 0 Å². The van der Waals surface area contributed by atoms with Crippen LogP contribution < -0.4 is 5.32 Å². The Balaban J connectivity index is 2.40. The molecule has 0 aliphatic carbocycles. The molecule has 0 unspecified atom stereocenters. The molecule has 0 radical (unpaired) electrons. The maximum atomic E-state index is 3.49. The van der Waals surface area contributed by atoms with E-state index in [1.54, 1.807) is 0 Å². The quantitative estimate of drug-likeness (QED) is 0.885. The van der Waals surface area contributed by atoms with Gasteiger partial charge in [0, 0.05) is 23.6 Å². The summed E-state index contributed by atoms with van der Waals surface area (Å²) >= 11 is 3.44. The molecule has 1 rings (SSSR count). The summed E-state index contributed by atoms with van der Waals surface area (Å²) in [5, 5.41) is 3.49. The average Bonchev–Trinajstić information content (AvgIpc) is 2.18. The van der Waals surface area contributed by atoms with Gasteiger partial charge in [0.25, 0.3) is 0 Å². The molecule has 0 aliphatic heterocycles. The van der Waals surface area contributed by atoms with Crippen molar-refractivity contribution in [1.29, 1.82) is 0 Å². The van der Waals surface area contributed by atoms with Crippen LogP contribution >= 0.6 is 15.9 Å². The van der Waals surface area contributed by atoms with E-state index in [0.717, 1.165) is 17.6 Å². The SMILES string of the molecule is C[C@H](NCCN(C)C)c1ccc(Br)cc1. The highest BCUT2D eigenvalue weighted by atomic mass is 79.9. The molecule has 0 aliphatic rings. The van der Waals surface area contributed by atoms with E-state index in [1.165, 1.54) is 5.56 Å². The number of nitrogens with zero attached hydrogens (tertiary/aromatic N) is 1. The highest BCUT2D eigenvalue weighted by Gasteiger charge is 2.03. The second kappa shape index (κ2) is 6.26. The van der Waals surface area contributed by atoms with Crippen LogP contribution in [0, 0.1) is 0 Å². The highest BCUT2D eigenvalue weighted by molar-refractivity contribution is 9.10. The zero-order valence-electron chi connectivity index (χ0n) is 9.63. The molecule has 84 valence electrons. The van der Waals surface area contributed by atoms with Crippen LogP contribution in [0.2, 0.25) is 0 Å². The van der Waals surface area contributed by atoms with E-state index in [1.807, 2.05) is 0 Å². The molecule has 1 atom stereocenters. The molecule has 0 amide bonds. The van der Waals surface area contributed by atoms with E-state index < -0.39 is 0 Å². The van der Waals surface area contributed by atoms with Crippen molar-refractivity contribution in [3.63, 3.8) is 0 Å². The third-order valence-corrected chi connectivity index (χ3v) is 2.91. The van der Waals surface area contributed by atoms with Crippen molar-refractivity contribution in [2.24, 2.45) is 0 Å². The molecule has 1 aromatic rings. The molecule has 3 heteroatoms. The summed E-state index contributed by atoms with van der Waals surface area (Å²) in [6.07, 6.45) is 0.